The Hall–Kier alpha value is -2.45. The average Bonchev–Trinajstić information content (AvgIpc) is 3.34. The Balaban J connectivity index is 1.59. The Labute approximate surface area is 176 Å². The fourth-order valence-electron chi connectivity index (χ4n) is 3.17. The van der Waals surface area contributed by atoms with Crippen LogP contribution in [0.4, 0.5) is 5.69 Å². The Morgan fingerprint density at radius 1 is 1.34 bits per heavy atom. The van der Waals surface area contributed by atoms with Gasteiger partial charge in [0, 0.05) is 23.7 Å². The van der Waals surface area contributed by atoms with E-state index in [0.29, 0.717) is 19.7 Å². The number of amides is 1. The molecule has 0 spiro atoms. The monoisotopic (exact) mass is 415 g/mol. The Morgan fingerprint density at radius 3 is 2.90 bits per heavy atom. The Morgan fingerprint density at radius 2 is 2.21 bits per heavy atom. The van der Waals surface area contributed by atoms with E-state index in [4.69, 9.17) is 4.74 Å². The first-order valence-corrected chi connectivity index (χ1v) is 10.8. The van der Waals surface area contributed by atoms with E-state index in [9.17, 15) is 4.79 Å². The summed E-state index contributed by atoms with van der Waals surface area (Å²) in [4.78, 5) is 22.6. The SMILES string of the molecule is CCNC(=NCc1cccc(NC(=O)C2CCCO2)c1)NCc1sc(C)nc1C. The molecular weight excluding hydrogens is 386 g/mol. The number of carbonyl (C=O) groups excluding carboxylic acids is 1. The number of nitrogens with one attached hydrogen (secondary N) is 3. The fraction of sp³-hybridized carbons (Fsp3) is 0.476. The summed E-state index contributed by atoms with van der Waals surface area (Å²) in [5, 5.41) is 10.7. The molecular formula is C21H29N5O2S. The lowest BCUT2D eigenvalue weighted by Crippen LogP contribution is -2.36. The zero-order chi connectivity index (χ0) is 20.6. The summed E-state index contributed by atoms with van der Waals surface area (Å²) in [7, 11) is 0. The van der Waals surface area contributed by atoms with Crippen LogP contribution in [0.5, 0.6) is 0 Å². The van der Waals surface area contributed by atoms with Gasteiger partial charge in [0.2, 0.25) is 0 Å². The maximum absolute atomic E-state index is 12.2. The number of hydrogen-bond acceptors (Lipinski definition) is 5. The molecule has 2 aromatic rings. The van der Waals surface area contributed by atoms with Crippen LogP contribution in [0.2, 0.25) is 0 Å². The number of carbonyl (C=O) groups is 1. The molecule has 2 heterocycles. The van der Waals surface area contributed by atoms with Gasteiger partial charge in [-0.2, -0.15) is 0 Å². The Bertz CT molecular complexity index is 859. The van der Waals surface area contributed by atoms with Crippen LogP contribution >= 0.6 is 11.3 Å². The molecule has 3 rings (SSSR count). The maximum atomic E-state index is 12.2. The number of guanidine groups is 1. The van der Waals surface area contributed by atoms with Crippen LogP contribution in [-0.2, 0) is 22.6 Å². The second kappa shape index (κ2) is 10.4. The number of benzene rings is 1. The van der Waals surface area contributed by atoms with E-state index in [2.05, 4.69) is 25.9 Å². The first-order chi connectivity index (χ1) is 14.0. The molecule has 7 nitrogen and oxygen atoms in total. The molecule has 1 fully saturated rings. The molecule has 1 aromatic heterocycles. The molecule has 1 aromatic carbocycles. The number of aliphatic imine (C=N–C) groups is 1. The van der Waals surface area contributed by atoms with Crippen molar-refractivity contribution in [3.63, 3.8) is 0 Å². The second-order valence-corrected chi connectivity index (χ2v) is 8.27. The van der Waals surface area contributed by atoms with Crippen molar-refractivity contribution in [1.29, 1.82) is 0 Å². The number of nitrogens with zero attached hydrogens (tertiary/aromatic N) is 2. The number of anilines is 1. The smallest absolute Gasteiger partial charge is 0.253 e. The molecule has 0 radical (unpaired) electrons. The van der Waals surface area contributed by atoms with Gasteiger partial charge < -0.3 is 20.7 Å². The molecule has 1 saturated heterocycles. The van der Waals surface area contributed by atoms with E-state index < -0.39 is 0 Å². The quantitative estimate of drug-likeness (QED) is 0.478. The summed E-state index contributed by atoms with van der Waals surface area (Å²) in [5.74, 6) is 0.681. The molecule has 0 saturated carbocycles. The van der Waals surface area contributed by atoms with E-state index in [-0.39, 0.29) is 12.0 Å². The average molecular weight is 416 g/mol. The maximum Gasteiger partial charge on any atom is 0.253 e. The zero-order valence-electron chi connectivity index (χ0n) is 17.2. The summed E-state index contributed by atoms with van der Waals surface area (Å²) in [5.41, 5.74) is 2.86. The van der Waals surface area contributed by atoms with E-state index in [0.717, 1.165) is 47.3 Å². The molecule has 1 amide bonds. The molecule has 156 valence electrons. The summed E-state index contributed by atoms with van der Waals surface area (Å²) in [6.07, 6.45) is 1.39. The predicted molar refractivity (Wildman–Crippen MR) is 117 cm³/mol. The predicted octanol–water partition coefficient (Wildman–Crippen LogP) is 3.13. The van der Waals surface area contributed by atoms with Crippen molar-refractivity contribution in [3.05, 3.63) is 45.4 Å². The van der Waals surface area contributed by atoms with Crippen molar-refractivity contribution >= 4 is 28.9 Å². The van der Waals surface area contributed by atoms with Crippen LogP contribution in [0.3, 0.4) is 0 Å². The highest BCUT2D eigenvalue weighted by atomic mass is 32.1. The summed E-state index contributed by atoms with van der Waals surface area (Å²) >= 11 is 1.70. The van der Waals surface area contributed by atoms with Crippen LogP contribution in [-0.4, -0.2) is 36.1 Å². The summed E-state index contributed by atoms with van der Waals surface area (Å²) in [6.45, 7) is 8.74. The first-order valence-electron chi connectivity index (χ1n) is 10.0. The molecule has 8 heteroatoms. The molecule has 0 bridgehead atoms. The van der Waals surface area contributed by atoms with Gasteiger partial charge in [-0.15, -0.1) is 11.3 Å². The minimum absolute atomic E-state index is 0.0756. The van der Waals surface area contributed by atoms with Gasteiger partial charge in [-0.3, -0.25) is 4.79 Å². The van der Waals surface area contributed by atoms with Crippen LogP contribution in [0.15, 0.2) is 29.3 Å². The highest BCUT2D eigenvalue weighted by molar-refractivity contribution is 7.11. The highest BCUT2D eigenvalue weighted by Gasteiger charge is 2.23. The largest absolute Gasteiger partial charge is 0.368 e. The standard InChI is InChI=1S/C21H29N5O2S/c1-4-22-21(24-13-19-14(2)25-15(3)29-19)23-12-16-7-5-8-17(11-16)26-20(27)18-9-6-10-28-18/h5,7-8,11,18H,4,6,9-10,12-13H2,1-3H3,(H,26,27)(H2,22,23,24). The van der Waals surface area contributed by atoms with E-state index in [1.165, 1.54) is 4.88 Å². The molecule has 3 N–H and O–H groups in total. The lowest BCUT2D eigenvalue weighted by Gasteiger charge is -2.12. The van der Waals surface area contributed by atoms with Gasteiger partial charge in [-0.25, -0.2) is 9.98 Å². The highest BCUT2D eigenvalue weighted by Crippen LogP contribution is 2.18. The minimum Gasteiger partial charge on any atom is -0.368 e. The van der Waals surface area contributed by atoms with Gasteiger partial charge in [-0.05, 0) is 51.3 Å². The summed E-state index contributed by atoms with van der Waals surface area (Å²) in [6, 6.07) is 7.78. The van der Waals surface area contributed by atoms with Crippen molar-refractivity contribution in [2.24, 2.45) is 4.99 Å². The van der Waals surface area contributed by atoms with Gasteiger partial charge in [0.25, 0.3) is 5.91 Å². The first kappa shape index (κ1) is 21.3. The molecule has 1 aliphatic rings. The fourth-order valence-corrected chi connectivity index (χ4v) is 4.05. The number of thiazole rings is 1. The van der Waals surface area contributed by atoms with Gasteiger partial charge in [0.1, 0.15) is 6.10 Å². The van der Waals surface area contributed by atoms with Crippen molar-refractivity contribution in [2.45, 2.75) is 52.8 Å². The van der Waals surface area contributed by atoms with Crippen molar-refractivity contribution in [3.8, 4) is 0 Å². The zero-order valence-corrected chi connectivity index (χ0v) is 18.1. The number of aryl methyl sites for hydroxylation is 2. The van der Waals surface area contributed by atoms with Crippen LogP contribution in [0, 0.1) is 13.8 Å². The topological polar surface area (TPSA) is 87.6 Å². The van der Waals surface area contributed by atoms with Gasteiger partial charge in [0.15, 0.2) is 5.96 Å². The molecule has 1 aliphatic heterocycles. The third kappa shape index (κ3) is 6.27. The minimum atomic E-state index is -0.333. The number of ether oxygens (including phenoxy) is 1. The second-order valence-electron chi connectivity index (χ2n) is 6.98. The Kier molecular flexibility index (Phi) is 7.60. The van der Waals surface area contributed by atoms with E-state index in [1.54, 1.807) is 11.3 Å². The van der Waals surface area contributed by atoms with Crippen molar-refractivity contribution < 1.29 is 9.53 Å². The number of rotatable bonds is 7. The molecule has 0 aliphatic carbocycles. The number of hydrogen-bond donors (Lipinski definition) is 3. The van der Waals surface area contributed by atoms with Gasteiger partial charge in [0.05, 0.1) is 23.8 Å². The van der Waals surface area contributed by atoms with Crippen LogP contribution < -0.4 is 16.0 Å². The van der Waals surface area contributed by atoms with Gasteiger partial charge in [-0.1, -0.05) is 12.1 Å². The van der Waals surface area contributed by atoms with Crippen molar-refractivity contribution in [1.82, 2.24) is 15.6 Å². The molecule has 29 heavy (non-hydrogen) atoms. The lowest BCUT2D eigenvalue weighted by molar-refractivity contribution is -0.124. The molecule has 1 unspecified atom stereocenters. The third-order valence-corrected chi connectivity index (χ3v) is 5.67. The third-order valence-electron chi connectivity index (χ3n) is 4.60. The van der Waals surface area contributed by atoms with E-state index >= 15 is 0 Å². The lowest BCUT2D eigenvalue weighted by atomic mass is 10.2. The summed E-state index contributed by atoms with van der Waals surface area (Å²) < 4.78 is 5.44. The van der Waals surface area contributed by atoms with Crippen LogP contribution in [0.1, 0.15) is 40.9 Å². The van der Waals surface area contributed by atoms with Crippen LogP contribution in [0.25, 0.3) is 0 Å². The van der Waals surface area contributed by atoms with Gasteiger partial charge >= 0.3 is 0 Å². The van der Waals surface area contributed by atoms with Crippen molar-refractivity contribution in [2.75, 3.05) is 18.5 Å². The number of aromatic nitrogens is 1. The van der Waals surface area contributed by atoms with E-state index in [1.807, 2.05) is 45.0 Å². The normalized spacial score (nSPS) is 16.7. The molecule has 1 atom stereocenters.